The number of thioether (sulfide) groups is 1. The Morgan fingerprint density at radius 1 is 1.37 bits per heavy atom. The molecule has 1 unspecified atom stereocenters. The first-order chi connectivity index (χ1) is 12.8. The smallest absolute Gasteiger partial charge is 0.320 e. The van der Waals surface area contributed by atoms with Crippen molar-refractivity contribution in [3.8, 4) is 0 Å². The molecule has 0 bridgehead atoms. The number of amides is 3. The highest BCUT2D eigenvalue weighted by molar-refractivity contribution is 8.05. The molecular weight excluding hydrogens is 362 g/mol. The first-order valence-electron chi connectivity index (χ1n) is 9.19. The van der Waals surface area contributed by atoms with E-state index in [9.17, 15) is 9.59 Å². The lowest BCUT2D eigenvalue weighted by Crippen LogP contribution is -2.49. The second-order valence-electron chi connectivity index (χ2n) is 7.10. The van der Waals surface area contributed by atoms with Crippen molar-refractivity contribution < 1.29 is 9.59 Å². The number of nitrogens with zero attached hydrogens (tertiary/aromatic N) is 2. The summed E-state index contributed by atoms with van der Waals surface area (Å²) in [5.41, 5.74) is 14.1. The summed E-state index contributed by atoms with van der Waals surface area (Å²) in [5, 5.41) is 3.32. The van der Waals surface area contributed by atoms with Crippen LogP contribution >= 0.6 is 11.8 Å². The largest absolute Gasteiger partial charge is 0.398 e. The van der Waals surface area contributed by atoms with Crippen LogP contribution < -0.4 is 16.8 Å². The third-order valence-electron chi connectivity index (χ3n) is 5.07. The van der Waals surface area contributed by atoms with Crippen LogP contribution in [0.5, 0.6) is 0 Å². The fourth-order valence-corrected chi connectivity index (χ4v) is 5.07. The molecule has 0 radical (unpaired) electrons. The van der Waals surface area contributed by atoms with Gasteiger partial charge in [-0.05, 0) is 26.8 Å². The standard InChI is InChI=1S/C19H27N5O2S/c1-4-24(12(2)3)18(26)23-10-9-15-16(11-23)27-19(22-15,17(21)25)13-7-5-6-8-14(13)20/h5-8,12,22H,4,9-11,20H2,1-3H3,(H2,21,25). The van der Waals surface area contributed by atoms with Crippen molar-refractivity contribution in [2.45, 2.75) is 38.1 Å². The van der Waals surface area contributed by atoms with E-state index in [1.165, 1.54) is 11.8 Å². The fourth-order valence-electron chi connectivity index (χ4n) is 3.63. The average Bonchev–Trinajstić information content (AvgIpc) is 3.02. The number of para-hydroxylation sites is 1. The van der Waals surface area contributed by atoms with Gasteiger partial charge in [0, 0.05) is 47.4 Å². The zero-order chi connectivity index (χ0) is 19.8. The average molecular weight is 390 g/mol. The van der Waals surface area contributed by atoms with Gasteiger partial charge >= 0.3 is 6.03 Å². The summed E-state index contributed by atoms with van der Waals surface area (Å²) in [7, 11) is 0. The first-order valence-corrected chi connectivity index (χ1v) is 10.0. The van der Waals surface area contributed by atoms with Crippen LogP contribution in [0.15, 0.2) is 34.9 Å². The monoisotopic (exact) mass is 389 g/mol. The molecular formula is C19H27N5O2S. The summed E-state index contributed by atoms with van der Waals surface area (Å²) in [4.78, 5) is 28.8. The van der Waals surface area contributed by atoms with Gasteiger partial charge in [-0.15, -0.1) is 0 Å². The number of nitrogens with two attached hydrogens (primary N) is 2. The number of nitrogens with one attached hydrogen (secondary N) is 1. The number of carbonyl (C=O) groups is 2. The van der Waals surface area contributed by atoms with E-state index in [4.69, 9.17) is 11.5 Å². The SMILES string of the molecule is CCN(C(=O)N1CCC2=C(C1)SC(C(N)=O)(c1ccccc1N)N2)C(C)C. The molecule has 8 heteroatoms. The minimum atomic E-state index is -1.13. The van der Waals surface area contributed by atoms with Crippen molar-refractivity contribution in [3.63, 3.8) is 0 Å². The zero-order valence-electron chi connectivity index (χ0n) is 16.0. The molecule has 5 N–H and O–H groups in total. The topological polar surface area (TPSA) is 105 Å². The van der Waals surface area contributed by atoms with E-state index in [1.807, 2.05) is 48.8 Å². The van der Waals surface area contributed by atoms with Gasteiger partial charge in [-0.25, -0.2) is 4.79 Å². The fraction of sp³-hybridized carbons (Fsp3) is 0.474. The predicted molar refractivity (Wildman–Crippen MR) is 109 cm³/mol. The molecule has 146 valence electrons. The summed E-state index contributed by atoms with van der Waals surface area (Å²) in [6.07, 6.45) is 0.658. The van der Waals surface area contributed by atoms with E-state index >= 15 is 0 Å². The van der Waals surface area contributed by atoms with E-state index < -0.39 is 10.8 Å². The van der Waals surface area contributed by atoms with Crippen LogP contribution in [-0.4, -0.2) is 47.4 Å². The van der Waals surface area contributed by atoms with Crippen molar-refractivity contribution in [2.24, 2.45) is 5.73 Å². The summed E-state index contributed by atoms with van der Waals surface area (Å²) in [6.45, 7) is 7.74. The predicted octanol–water partition coefficient (Wildman–Crippen LogP) is 2.01. The molecule has 27 heavy (non-hydrogen) atoms. The molecule has 2 heterocycles. The van der Waals surface area contributed by atoms with Crippen molar-refractivity contribution in [2.75, 3.05) is 25.4 Å². The quantitative estimate of drug-likeness (QED) is 0.683. The Morgan fingerprint density at radius 3 is 2.67 bits per heavy atom. The van der Waals surface area contributed by atoms with Crippen LogP contribution in [0.2, 0.25) is 0 Å². The van der Waals surface area contributed by atoms with Crippen LogP contribution in [0.1, 0.15) is 32.8 Å². The van der Waals surface area contributed by atoms with Gasteiger partial charge in [-0.2, -0.15) is 0 Å². The van der Waals surface area contributed by atoms with Crippen molar-refractivity contribution in [1.82, 2.24) is 15.1 Å². The van der Waals surface area contributed by atoms with Crippen molar-refractivity contribution >= 4 is 29.4 Å². The maximum Gasteiger partial charge on any atom is 0.320 e. The summed E-state index contributed by atoms with van der Waals surface area (Å²) in [5.74, 6) is -0.491. The number of rotatable bonds is 4. The Balaban J connectivity index is 1.85. The Bertz CT molecular complexity index is 794. The van der Waals surface area contributed by atoms with E-state index in [2.05, 4.69) is 5.32 Å². The number of anilines is 1. The number of hydrogen-bond acceptors (Lipinski definition) is 5. The molecule has 1 atom stereocenters. The van der Waals surface area contributed by atoms with Gasteiger partial charge in [0.25, 0.3) is 5.91 Å². The Kier molecular flexibility index (Phi) is 5.28. The van der Waals surface area contributed by atoms with Crippen molar-refractivity contribution in [3.05, 3.63) is 40.4 Å². The molecule has 1 aromatic rings. The van der Waals surface area contributed by atoms with Gasteiger partial charge in [0.2, 0.25) is 0 Å². The second kappa shape index (κ2) is 7.34. The minimum absolute atomic E-state index is 0.0236. The molecule has 0 saturated heterocycles. The van der Waals surface area contributed by atoms with E-state index in [1.54, 1.807) is 6.07 Å². The highest BCUT2D eigenvalue weighted by atomic mass is 32.2. The van der Waals surface area contributed by atoms with Crippen LogP contribution in [0, 0.1) is 0 Å². The van der Waals surface area contributed by atoms with Gasteiger partial charge in [-0.1, -0.05) is 30.0 Å². The van der Waals surface area contributed by atoms with Gasteiger partial charge in [0.1, 0.15) is 0 Å². The summed E-state index contributed by atoms with van der Waals surface area (Å²) >= 11 is 1.37. The molecule has 7 nitrogen and oxygen atoms in total. The third-order valence-corrected chi connectivity index (χ3v) is 6.52. The second-order valence-corrected chi connectivity index (χ2v) is 8.40. The lowest BCUT2D eigenvalue weighted by molar-refractivity contribution is -0.121. The number of hydrogen-bond donors (Lipinski definition) is 3. The number of primary amides is 1. The Labute approximate surface area is 164 Å². The van der Waals surface area contributed by atoms with Gasteiger partial charge in [0.15, 0.2) is 4.87 Å². The number of urea groups is 1. The maximum atomic E-state index is 12.9. The van der Waals surface area contributed by atoms with Crippen LogP contribution in [0.3, 0.4) is 0 Å². The highest BCUT2D eigenvalue weighted by Crippen LogP contribution is 2.49. The molecule has 2 aliphatic heterocycles. The number of nitrogen functional groups attached to an aromatic ring is 1. The molecule has 2 aliphatic rings. The molecule has 3 amide bonds. The van der Waals surface area contributed by atoms with Gasteiger partial charge < -0.3 is 26.6 Å². The molecule has 0 saturated carbocycles. The van der Waals surface area contributed by atoms with E-state index in [0.717, 1.165) is 10.6 Å². The molecule has 0 aromatic heterocycles. The van der Waals surface area contributed by atoms with Gasteiger partial charge in [0.05, 0.1) is 6.54 Å². The number of benzene rings is 1. The lowest BCUT2D eigenvalue weighted by Gasteiger charge is -2.34. The normalized spacial score (nSPS) is 21.9. The molecule has 1 aromatic carbocycles. The lowest BCUT2D eigenvalue weighted by atomic mass is 10.0. The van der Waals surface area contributed by atoms with E-state index in [0.29, 0.717) is 37.3 Å². The third kappa shape index (κ3) is 3.34. The molecule has 0 fully saturated rings. The number of carbonyl (C=O) groups excluding carboxylic acids is 2. The molecule has 3 rings (SSSR count). The van der Waals surface area contributed by atoms with E-state index in [-0.39, 0.29) is 12.1 Å². The minimum Gasteiger partial charge on any atom is -0.398 e. The first kappa shape index (κ1) is 19.4. The highest BCUT2D eigenvalue weighted by Gasteiger charge is 2.48. The Hall–Kier alpha value is -2.35. The summed E-state index contributed by atoms with van der Waals surface area (Å²) in [6, 6.07) is 7.41. The van der Waals surface area contributed by atoms with Crippen LogP contribution in [-0.2, 0) is 9.67 Å². The molecule has 0 aliphatic carbocycles. The molecule has 0 spiro atoms. The zero-order valence-corrected chi connectivity index (χ0v) is 16.8. The van der Waals surface area contributed by atoms with Crippen molar-refractivity contribution in [1.29, 1.82) is 0 Å². The summed E-state index contributed by atoms with van der Waals surface area (Å²) < 4.78 is 0. The Morgan fingerprint density at radius 2 is 2.07 bits per heavy atom. The maximum absolute atomic E-state index is 12.9. The van der Waals surface area contributed by atoms with Crippen LogP contribution in [0.25, 0.3) is 0 Å². The van der Waals surface area contributed by atoms with Gasteiger partial charge in [-0.3, -0.25) is 4.79 Å². The van der Waals surface area contributed by atoms with Crippen LogP contribution in [0.4, 0.5) is 10.5 Å².